The van der Waals surface area contributed by atoms with Crippen molar-refractivity contribution in [2.45, 2.75) is 15.8 Å². The van der Waals surface area contributed by atoms with Crippen LogP contribution in [0.1, 0.15) is 5.56 Å². The van der Waals surface area contributed by atoms with Crippen molar-refractivity contribution in [3.63, 3.8) is 0 Å². The lowest BCUT2D eigenvalue weighted by Gasteiger charge is -2.15. The van der Waals surface area contributed by atoms with Crippen molar-refractivity contribution in [1.82, 2.24) is 9.97 Å². The molecule has 0 fully saturated rings. The third kappa shape index (κ3) is 3.23. The van der Waals surface area contributed by atoms with Crippen LogP contribution < -0.4 is 5.73 Å². The molecule has 6 nitrogen and oxygen atoms in total. The van der Waals surface area contributed by atoms with Crippen LogP contribution in [0, 0.1) is 0 Å². The smallest absolute Gasteiger partial charge is 0.351 e. The minimum atomic E-state index is -1.02. The zero-order valence-corrected chi connectivity index (χ0v) is 13.0. The number of nitrogens with zero attached hydrogens (tertiary/aromatic N) is 3. The summed E-state index contributed by atoms with van der Waals surface area (Å²) < 4.78 is 0. The van der Waals surface area contributed by atoms with Crippen LogP contribution in [0.4, 0.5) is 11.6 Å². The topological polar surface area (TPSA) is 101 Å². The number of carboxylic acid groups (broad SMARTS) is 1. The van der Waals surface area contributed by atoms with Gasteiger partial charge in [-0.3, -0.25) is 0 Å². The monoisotopic (exact) mass is 332 g/mol. The second-order valence-corrected chi connectivity index (χ2v) is 6.40. The molecule has 0 unspecified atom stereocenters. The van der Waals surface area contributed by atoms with Gasteiger partial charge in [0.1, 0.15) is 21.5 Å². The Morgan fingerprint density at radius 1 is 1.32 bits per heavy atom. The zero-order valence-electron chi connectivity index (χ0n) is 11.4. The molecule has 0 amide bonds. The number of rotatable bonds is 4. The molecule has 0 radical (unpaired) electrons. The van der Waals surface area contributed by atoms with Gasteiger partial charge in [-0.25, -0.2) is 19.8 Å². The van der Waals surface area contributed by atoms with E-state index >= 15 is 0 Å². The molecule has 0 saturated heterocycles. The number of anilines is 1. The van der Waals surface area contributed by atoms with Crippen LogP contribution >= 0.6 is 23.5 Å². The maximum atomic E-state index is 11.1. The number of aliphatic carboxylic acids is 1. The van der Waals surface area contributed by atoms with Gasteiger partial charge in [0.2, 0.25) is 5.95 Å². The second-order valence-electron chi connectivity index (χ2n) is 4.47. The highest BCUT2D eigenvalue weighted by atomic mass is 32.2. The van der Waals surface area contributed by atoms with Gasteiger partial charge in [-0.2, -0.15) is 0 Å². The minimum absolute atomic E-state index is 0.104. The maximum Gasteiger partial charge on any atom is 0.351 e. The summed E-state index contributed by atoms with van der Waals surface area (Å²) in [5.74, 6) is 0.137. The number of carboxylic acids is 1. The Hall–Kier alpha value is -2.06. The standard InChI is InChI=1S/C14H12N4O2S2/c15-14-17-11(21-6-8-4-2-1-3-5-8)10-12(18-14)22-7-9(16-10)13(19)20/h1-5H,6-7H2,(H,19,20)(H2,15,17,18). The van der Waals surface area contributed by atoms with Gasteiger partial charge in [-0.15, -0.1) is 0 Å². The average molecular weight is 332 g/mol. The molecule has 0 atom stereocenters. The number of hydrogen-bond acceptors (Lipinski definition) is 7. The van der Waals surface area contributed by atoms with E-state index in [1.54, 1.807) is 0 Å². The van der Waals surface area contributed by atoms with Gasteiger partial charge in [0, 0.05) is 11.5 Å². The largest absolute Gasteiger partial charge is 0.477 e. The van der Waals surface area contributed by atoms with E-state index in [0.717, 1.165) is 5.56 Å². The van der Waals surface area contributed by atoms with Crippen molar-refractivity contribution >= 4 is 46.8 Å². The lowest BCUT2D eigenvalue weighted by atomic mass is 10.2. The van der Waals surface area contributed by atoms with Crippen molar-refractivity contribution in [3.05, 3.63) is 35.9 Å². The molecule has 3 N–H and O–H groups in total. The van der Waals surface area contributed by atoms with Crippen LogP contribution in [-0.2, 0) is 10.5 Å². The highest BCUT2D eigenvalue weighted by Crippen LogP contribution is 2.40. The Morgan fingerprint density at radius 3 is 2.82 bits per heavy atom. The predicted molar refractivity (Wildman–Crippen MR) is 87.9 cm³/mol. The summed E-state index contributed by atoms with van der Waals surface area (Å²) in [7, 11) is 0. The fourth-order valence-electron chi connectivity index (χ4n) is 1.87. The van der Waals surface area contributed by atoms with E-state index in [9.17, 15) is 4.79 Å². The number of fused-ring (bicyclic) bond motifs is 1. The van der Waals surface area contributed by atoms with Crippen LogP contribution in [0.3, 0.4) is 0 Å². The van der Waals surface area contributed by atoms with Crippen LogP contribution in [0.2, 0.25) is 0 Å². The second kappa shape index (κ2) is 6.37. The lowest BCUT2D eigenvalue weighted by molar-refractivity contribution is -0.129. The van der Waals surface area contributed by atoms with E-state index in [2.05, 4.69) is 15.0 Å². The Balaban J connectivity index is 1.91. The summed E-state index contributed by atoms with van der Waals surface area (Å²) in [5.41, 5.74) is 7.48. The van der Waals surface area contributed by atoms with Gasteiger partial charge >= 0.3 is 5.97 Å². The molecule has 0 aliphatic carbocycles. The molecular weight excluding hydrogens is 320 g/mol. The molecule has 1 aromatic heterocycles. The zero-order chi connectivity index (χ0) is 15.5. The van der Waals surface area contributed by atoms with E-state index in [4.69, 9.17) is 10.8 Å². The van der Waals surface area contributed by atoms with E-state index in [1.807, 2.05) is 30.3 Å². The molecule has 3 rings (SSSR count). The van der Waals surface area contributed by atoms with E-state index in [0.29, 0.717) is 21.5 Å². The Bertz CT molecular complexity index is 750. The van der Waals surface area contributed by atoms with Crippen LogP contribution in [0.15, 0.2) is 45.4 Å². The first-order valence-corrected chi connectivity index (χ1v) is 8.38. The Labute approximate surface area is 135 Å². The van der Waals surface area contributed by atoms with E-state index in [-0.39, 0.29) is 17.4 Å². The maximum absolute atomic E-state index is 11.1. The van der Waals surface area contributed by atoms with Gasteiger partial charge in [-0.05, 0) is 5.56 Å². The van der Waals surface area contributed by atoms with E-state index in [1.165, 1.54) is 23.5 Å². The first-order valence-electron chi connectivity index (χ1n) is 6.41. The van der Waals surface area contributed by atoms with Crippen molar-refractivity contribution in [2.24, 2.45) is 4.99 Å². The molecule has 8 heteroatoms. The molecule has 2 aromatic rings. The molecule has 22 heavy (non-hydrogen) atoms. The molecule has 0 bridgehead atoms. The number of benzene rings is 1. The van der Waals surface area contributed by atoms with Gasteiger partial charge in [-0.1, -0.05) is 53.9 Å². The highest BCUT2D eigenvalue weighted by molar-refractivity contribution is 8.00. The number of aromatic nitrogens is 2. The number of hydrogen-bond donors (Lipinski definition) is 2. The molecular formula is C14H12N4O2S2. The molecule has 1 aromatic carbocycles. The molecule has 0 saturated carbocycles. The fourth-order valence-corrected chi connectivity index (χ4v) is 3.76. The normalized spacial score (nSPS) is 13.4. The lowest BCUT2D eigenvalue weighted by Crippen LogP contribution is -2.18. The van der Waals surface area contributed by atoms with E-state index < -0.39 is 5.97 Å². The molecule has 112 valence electrons. The number of thioether (sulfide) groups is 2. The average Bonchev–Trinajstić information content (AvgIpc) is 2.53. The van der Waals surface area contributed by atoms with Crippen LogP contribution in [-0.4, -0.2) is 32.5 Å². The third-order valence-corrected chi connectivity index (χ3v) is 4.91. The molecule has 1 aliphatic heterocycles. The van der Waals surface area contributed by atoms with Crippen LogP contribution in [0.25, 0.3) is 0 Å². The third-order valence-electron chi connectivity index (χ3n) is 2.89. The molecule has 0 spiro atoms. The first-order chi connectivity index (χ1) is 10.6. The SMILES string of the molecule is Nc1nc2c(c(SCc3ccccc3)n1)N=C(C(=O)O)CS2. The minimum Gasteiger partial charge on any atom is -0.477 e. The summed E-state index contributed by atoms with van der Waals surface area (Å²) in [6, 6.07) is 9.93. The highest BCUT2D eigenvalue weighted by Gasteiger charge is 2.23. The van der Waals surface area contributed by atoms with Gasteiger partial charge in [0.25, 0.3) is 0 Å². The van der Waals surface area contributed by atoms with Crippen LogP contribution in [0.5, 0.6) is 0 Å². The summed E-state index contributed by atoms with van der Waals surface area (Å²) in [5, 5.41) is 10.3. The number of nitrogens with two attached hydrogens (primary N) is 1. The predicted octanol–water partition coefficient (Wildman–Crippen LogP) is 2.61. The first kappa shape index (κ1) is 14.9. The molecule has 1 aliphatic rings. The van der Waals surface area contributed by atoms with Crippen molar-refractivity contribution < 1.29 is 9.90 Å². The Kier molecular flexibility index (Phi) is 4.30. The number of carbonyl (C=O) groups is 1. The summed E-state index contributed by atoms with van der Waals surface area (Å²) in [6.45, 7) is 0. The summed E-state index contributed by atoms with van der Waals surface area (Å²) >= 11 is 2.79. The van der Waals surface area contributed by atoms with Crippen molar-refractivity contribution in [3.8, 4) is 0 Å². The number of nitrogen functional groups attached to an aromatic ring is 1. The fraction of sp³-hybridized carbons (Fsp3) is 0.143. The molecule has 2 heterocycles. The van der Waals surface area contributed by atoms with Crippen molar-refractivity contribution in [1.29, 1.82) is 0 Å². The van der Waals surface area contributed by atoms with Gasteiger partial charge < -0.3 is 10.8 Å². The van der Waals surface area contributed by atoms with Gasteiger partial charge in [0.15, 0.2) is 0 Å². The van der Waals surface area contributed by atoms with Gasteiger partial charge in [0.05, 0.1) is 0 Å². The summed E-state index contributed by atoms with van der Waals surface area (Å²) in [6.07, 6.45) is 0. The summed E-state index contributed by atoms with van der Waals surface area (Å²) in [4.78, 5) is 23.6. The quantitative estimate of drug-likeness (QED) is 0.655. The number of aliphatic imine (C=N–C) groups is 1. The Morgan fingerprint density at radius 2 is 2.09 bits per heavy atom. The van der Waals surface area contributed by atoms with Crippen molar-refractivity contribution in [2.75, 3.05) is 11.5 Å².